The van der Waals surface area contributed by atoms with Crippen molar-refractivity contribution in [3.05, 3.63) is 24.1 Å². The van der Waals surface area contributed by atoms with Gasteiger partial charge in [-0.2, -0.15) is 0 Å². The van der Waals surface area contributed by atoms with Gasteiger partial charge in [0.1, 0.15) is 5.52 Å². The maximum atomic E-state index is 12.1. The molecule has 1 unspecified atom stereocenters. The number of aliphatic hydroxyl groups excluding tert-OH is 1. The Morgan fingerprint density at radius 2 is 2.25 bits per heavy atom. The van der Waals surface area contributed by atoms with Crippen molar-refractivity contribution in [2.45, 2.75) is 44.9 Å². The predicted molar refractivity (Wildman–Crippen MR) is 93.1 cm³/mol. The molecule has 0 aliphatic heterocycles. The van der Waals surface area contributed by atoms with Crippen LogP contribution in [0.3, 0.4) is 0 Å². The van der Waals surface area contributed by atoms with Gasteiger partial charge in [0.2, 0.25) is 0 Å². The van der Waals surface area contributed by atoms with Gasteiger partial charge in [0.05, 0.1) is 0 Å². The van der Waals surface area contributed by atoms with Gasteiger partial charge in [0, 0.05) is 24.8 Å². The maximum absolute atomic E-state index is 12.1. The van der Waals surface area contributed by atoms with E-state index >= 15 is 0 Å². The molecular formula is C18H25N3O3. The molecule has 130 valence electrons. The zero-order valence-corrected chi connectivity index (χ0v) is 14.0. The molecule has 1 aromatic heterocycles. The van der Waals surface area contributed by atoms with Crippen LogP contribution in [-0.2, 0) is 0 Å². The van der Waals surface area contributed by atoms with Gasteiger partial charge in [0.25, 0.3) is 0 Å². The predicted octanol–water partition coefficient (Wildman–Crippen LogP) is 3.63. The second kappa shape index (κ2) is 7.66. The van der Waals surface area contributed by atoms with E-state index in [1.54, 1.807) is 0 Å². The third kappa shape index (κ3) is 4.26. The molecule has 2 aromatic rings. The molecule has 24 heavy (non-hydrogen) atoms. The molecule has 3 N–H and O–H groups in total. The lowest BCUT2D eigenvalue weighted by atomic mass is 10.0. The number of aromatic nitrogens is 1. The Kier molecular flexibility index (Phi) is 5.35. The summed E-state index contributed by atoms with van der Waals surface area (Å²) in [5.41, 5.74) is 2.23. The first-order valence-electron chi connectivity index (χ1n) is 8.75. The summed E-state index contributed by atoms with van der Waals surface area (Å²) in [7, 11) is 0. The molecule has 0 saturated heterocycles. The molecule has 3 rings (SSSR count). The van der Waals surface area contributed by atoms with Crippen LogP contribution in [0.5, 0.6) is 0 Å². The monoisotopic (exact) mass is 331 g/mol. The highest BCUT2D eigenvalue weighted by Gasteiger charge is 2.28. The summed E-state index contributed by atoms with van der Waals surface area (Å²) < 4.78 is 5.72. The molecule has 1 heterocycles. The van der Waals surface area contributed by atoms with E-state index in [1.165, 1.54) is 0 Å². The molecule has 1 saturated carbocycles. The van der Waals surface area contributed by atoms with Crippen LogP contribution < -0.4 is 10.6 Å². The van der Waals surface area contributed by atoms with E-state index in [-0.39, 0.29) is 12.6 Å². The summed E-state index contributed by atoms with van der Waals surface area (Å²) in [5.74, 6) is 1.59. The third-order valence-corrected chi connectivity index (χ3v) is 4.37. The Balaban J connectivity index is 1.56. The number of amides is 2. The minimum atomic E-state index is -0.237. The van der Waals surface area contributed by atoms with Gasteiger partial charge in [-0.25, -0.2) is 9.78 Å². The fourth-order valence-electron chi connectivity index (χ4n) is 2.88. The van der Waals surface area contributed by atoms with Crippen molar-refractivity contribution >= 4 is 22.8 Å². The van der Waals surface area contributed by atoms with E-state index in [0.29, 0.717) is 30.5 Å². The minimum Gasteiger partial charge on any atom is -0.440 e. The first-order chi connectivity index (χ1) is 11.7. The van der Waals surface area contributed by atoms with E-state index in [2.05, 4.69) is 22.5 Å². The van der Waals surface area contributed by atoms with Crippen molar-refractivity contribution in [2.24, 2.45) is 5.92 Å². The maximum Gasteiger partial charge on any atom is 0.319 e. The van der Waals surface area contributed by atoms with Gasteiger partial charge in [-0.15, -0.1) is 0 Å². The summed E-state index contributed by atoms with van der Waals surface area (Å²) in [5, 5.41) is 14.8. The van der Waals surface area contributed by atoms with E-state index < -0.39 is 0 Å². The van der Waals surface area contributed by atoms with Gasteiger partial charge >= 0.3 is 6.03 Å². The standard InChI is InChI=1S/C18H25N3O3/c1-2-3-12(8-9-22)11-19-18(23)20-14-6-7-16-15(10-14)21-17(24-16)13-4-5-13/h6-7,10,12-13,22H,2-5,8-9,11H2,1H3,(H2,19,20,23). The first-order valence-corrected chi connectivity index (χ1v) is 8.75. The van der Waals surface area contributed by atoms with Crippen molar-refractivity contribution in [3.8, 4) is 0 Å². The highest BCUT2D eigenvalue weighted by atomic mass is 16.3. The van der Waals surface area contributed by atoms with Crippen LogP contribution >= 0.6 is 0 Å². The van der Waals surface area contributed by atoms with Crippen LogP contribution in [-0.4, -0.2) is 29.3 Å². The average molecular weight is 331 g/mol. The minimum absolute atomic E-state index is 0.153. The number of hydrogen-bond acceptors (Lipinski definition) is 4. The number of urea groups is 1. The number of oxazole rings is 1. The Morgan fingerprint density at radius 1 is 1.42 bits per heavy atom. The zero-order valence-electron chi connectivity index (χ0n) is 14.0. The Hall–Kier alpha value is -2.08. The topological polar surface area (TPSA) is 87.4 Å². The summed E-state index contributed by atoms with van der Waals surface area (Å²) in [6, 6.07) is 5.26. The smallest absolute Gasteiger partial charge is 0.319 e. The molecule has 1 aliphatic carbocycles. The van der Waals surface area contributed by atoms with Crippen molar-refractivity contribution in [1.82, 2.24) is 10.3 Å². The number of fused-ring (bicyclic) bond motifs is 1. The lowest BCUT2D eigenvalue weighted by Crippen LogP contribution is -2.33. The van der Waals surface area contributed by atoms with Crippen molar-refractivity contribution in [2.75, 3.05) is 18.5 Å². The normalized spacial score (nSPS) is 15.4. The second-order valence-electron chi connectivity index (χ2n) is 6.51. The van der Waals surface area contributed by atoms with E-state index in [0.717, 1.165) is 42.7 Å². The van der Waals surface area contributed by atoms with E-state index in [9.17, 15) is 4.79 Å². The fourth-order valence-corrected chi connectivity index (χ4v) is 2.88. The molecule has 1 fully saturated rings. The molecule has 0 spiro atoms. The summed E-state index contributed by atoms with van der Waals surface area (Å²) in [4.78, 5) is 16.6. The number of anilines is 1. The van der Waals surface area contributed by atoms with Gasteiger partial charge in [-0.05, 0) is 49.8 Å². The molecule has 6 heteroatoms. The van der Waals surface area contributed by atoms with E-state index in [1.807, 2.05) is 18.2 Å². The van der Waals surface area contributed by atoms with Crippen molar-refractivity contribution < 1.29 is 14.3 Å². The van der Waals surface area contributed by atoms with Gasteiger partial charge in [0.15, 0.2) is 11.5 Å². The van der Waals surface area contributed by atoms with Crippen molar-refractivity contribution in [1.29, 1.82) is 0 Å². The average Bonchev–Trinajstić information content (AvgIpc) is 3.33. The van der Waals surface area contributed by atoms with Gasteiger partial charge < -0.3 is 20.2 Å². The molecule has 1 aromatic carbocycles. The summed E-state index contributed by atoms with van der Waals surface area (Å²) in [6.45, 7) is 2.83. The first kappa shape index (κ1) is 16.8. The summed E-state index contributed by atoms with van der Waals surface area (Å²) >= 11 is 0. The van der Waals surface area contributed by atoms with Gasteiger partial charge in [-0.1, -0.05) is 13.3 Å². The van der Waals surface area contributed by atoms with Crippen molar-refractivity contribution in [3.63, 3.8) is 0 Å². The molecule has 1 atom stereocenters. The lowest BCUT2D eigenvalue weighted by Gasteiger charge is -2.16. The number of aliphatic hydroxyl groups is 1. The molecule has 2 amide bonds. The number of benzene rings is 1. The van der Waals surface area contributed by atoms with Crippen LogP contribution in [0.1, 0.15) is 50.8 Å². The molecular weight excluding hydrogens is 306 g/mol. The molecule has 0 radical (unpaired) electrons. The number of carbonyl (C=O) groups is 1. The largest absolute Gasteiger partial charge is 0.440 e. The van der Waals surface area contributed by atoms with Crippen LogP contribution in [0.2, 0.25) is 0 Å². The Bertz CT molecular complexity index is 688. The zero-order chi connectivity index (χ0) is 16.9. The molecule has 1 aliphatic rings. The third-order valence-electron chi connectivity index (χ3n) is 4.37. The molecule has 0 bridgehead atoms. The second-order valence-corrected chi connectivity index (χ2v) is 6.51. The lowest BCUT2D eigenvalue weighted by molar-refractivity contribution is 0.237. The van der Waals surface area contributed by atoms with E-state index in [4.69, 9.17) is 9.52 Å². The number of hydrogen-bond donors (Lipinski definition) is 3. The fraction of sp³-hybridized carbons (Fsp3) is 0.556. The number of nitrogens with one attached hydrogen (secondary N) is 2. The number of carbonyl (C=O) groups excluding carboxylic acids is 1. The van der Waals surface area contributed by atoms with Crippen LogP contribution in [0.4, 0.5) is 10.5 Å². The summed E-state index contributed by atoms with van der Waals surface area (Å²) in [6.07, 6.45) is 5.04. The number of nitrogens with zero attached hydrogens (tertiary/aromatic N) is 1. The Labute approximate surface area is 141 Å². The SMILES string of the molecule is CCCC(CCO)CNC(=O)Nc1ccc2oc(C3CC3)nc2c1. The Morgan fingerprint density at radius 3 is 2.96 bits per heavy atom. The number of rotatable bonds is 8. The van der Waals surface area contributed by atoms with Crippen LogP contribution in [0.25, 0.3) is 11.1 Å². The van der Waals surface area contributed by atoms with Gasteiger partial charge in [-0.3, -0.25) is 0 Å². The highest BCUT2D eigenvalue weighted by Crippen LogP contribution is 2.40. The highest BCUT2D eigenvalue weighted by molar-refractivity contribution is 5.91. The van der Waals surface area contributed by atoms with Crippen LogP contribution in [0.15, 0.2) is 22.6 Å². The van der Waals surface area contributed by atoms with Crippen LogP contribution in [0, 0.1) is 5.92 Å². The quantitative estimate of drug-likeness (QED) is 0.689. The molecule has 6 nitrogen and oxygen atoms in total.